The maximum atomic E-state index is 12.2. The third-order valence-corrected chi connectivity index (χ3v) is 3.74. The minimum absolute atomic E-state index is 0.00589. The van der Waals surface area contributed by atoms with Crippen LogP contribution in [0.5, 0.6) is 0 Å². The van der Waals surface area contributed by atoms with Crippen LogP contribution in [0.1, 0.15) is 20.7 Å². The first-order valence-corrected chi connectivity index (χ1v) is 8.10. The zero-order chi connectivity index (χ0) is 18.5. The molecule has 2 aromatic carbocycles. The molecule has 0 unspecified atom stereocenters. The van der Waals surface area contributed by atoms with Gasteiger partial charge in [0, 0.05) is 21.2 Å². The highest BCUT2D eigenvalue weighted by molar-refractivity contribution is 6.31. The summed E-state index contributed by atoms with van der Waals surface area (Å²) in [4.78, 5) is 36.0. The van der Waals surface area contributed by atoms with Gasteiger partial charge in [-0.15, -0.1) is 0 Å². The molecule has 0 aliphatic carbocycles. The lowest BCUT2D eigenvalue weighted by Gasteiger charge is -2.06. The standard InChI is InChI=1S/C17H11Cl2N5O2/c18-12-5-1-10(2-6-12)14(25)22-16-20-9-21-17(24-16)23-15(26)11-3-7-13(19)8-4-11/h1-9H,(H2,20,21,22,23,24,25,26). The maximum Gasteiger partial charge on any atom is 0.258 e. The van der Waals surface area contributed by atoms with E-state index in [1.807, 2.05) is 0 Å². The molecule has 0 bridgehead atoms. The molecule has 130 valence electrons. The second kappa shape index (κ2) is 7.90. The molecule has 0 aliphatic heterocycles. The smallest absolute Gasteiger partial charge is 0.258 e. The van der Waals surface area contributed by atoms with E-state index in [1.54, 1.807) is 48.5 Å². The Hall–Kier alpha value is -3.03. The zero-order valence-corrected chi connectivity index (χ0v) is 14.6. The summed E-state index contributed by atoms with van der Waals surface area (Å²) >= 11 is 11.6. The molecule has 3 rings (SSSR count). The maximum absolute atomic E-state index is 12.2. The van der Waals surface area contributed by atoms with Crippen molar-refractivity contribution in [3.05, 3.63) is 76.0 Å². The monoisotopic (exact) mass is 387 g/mol. The quantitative estimate of drug-likeness (QED) is 0.711. The van der Waals surface area contributed by atoms with E-state index in [2.05, 4.69) is 25.6 Å². The van der Waals surface area contributed by atoms with Crippen molar-refractivity contribution < 1.29 is 9.59 Å². The van der Waals surface area contributed by atoms with E-state index in [4.69, 9.17) is 23.2 Å². The third-order valence-electron chi connectivity index (χ3n) is 3.24. The third kappa shape index (κ3) is 4.53. The molecule has 1 aromatic heterocycles. The molecule has 2 amide bonds. The number of hydrogen-bond acceptors (Lipinski definition) is 5. The summed E-state index contributed by atoms with van der Waals surface area (Å²) in [7, 11) is 0. The van der Waals surface area contributed by atoms with Crippen LogP contribution >= 0.6 is 23.2 Å². The van der Waals surface area contributed by atoms with Crippen LogP contribution in [0.3, 0.4) is 0 Å². The molecule has 3 aromatic rings. The van der Waals surface area contributed by atoms with Gasteiger partial charge in [0.25, 0.3) is 11.8 Å². The van der Waals surface area contributed by atoms with Gasteiger partial charge in [0.05, 0.1) is 0 Å². The predicted molar refractivity (Wildman–Crippen MR) is 98.6 cm³/mol. The summed E-state index contributed by atoms with van der Waals surface area (Å²) in [6.45, 7) is 0. The number of nitrogens with zero attached hydrogens (tertiary/aromatic N) is 3. The van der Waals surface area contributed by atoms with Gasteiger partial charge in [0.2, 0.25) is 11.9 Å². The zero-order valence-electron chi connectivity index (χ0n) is 13.1. The van der Waals surface area contributed by atoms with E-state index in [1.165, 1.54) is 6.33 Å². The van der Waals surface area contributed by atoms with Gasteiger partial charge in [-0.1, -0.05) is 23.2 Å². The fourth-order valence-electron chi connectivity index (χ4n) is 1.97. The fourth-order valence-corrected chi connectivity index (χ4v) is 2.22. The number of hydrogen-bond donors (Lipinski definition) is 2. The molecule has 26 heavy (non-hydrogen) atoms. The molecule has 0 aliphatic rings. The fraction of sp³-hybridized carbons (Fsp3) is 0. The highest BCUT2D eigenvalue weighted by Gasteiger charge is 2.11. The molecule has 9 heteroatoms. The number of aromatic nitrogens is 3. The van der Waals surface area contributed by atoms with Crippen LogP contribution in [0.2, 0.25) is 10.0 Å². The summed E-state index contributed by atoms with van der Waals surface area (Å²) in [6, 6.07) is 12.7. The number of rotatable bonds is 4. The van der Waals surface area contributed by atoms with Crippen LogP contribution in [-0.2, 0) is 0 Å². The minimum atomic E-state index is -0.414. The Morgan fingerprint density at radius 2 is 1.08 bits per heavy atom. The Balaban J connectivity index is 1.69. The van der Waals surface area contributed by atoms with E-state index >= 15 is 0 Å². The average Bonchev–Trinajstić information content (AvgIpc) is 2.63. The Bertz CT molecular complexity index is 871. The van der Waals surface area contributed by atoms with Crippen LogP contribution < -0.4 is 10.6 Å². The average molecular weight is 388 g/mol. The molecule has 0 atom stereocenters. The Kier molecular flexibility index (Phi) is 5.40. The van der Waals surface area contributed by atoms with Gasteiger partial charge in [-0.05, 0) is 48.5 Å². The van der Waals surface area contributed by atoms with Gasteiger partial charge < -0.3 is 0 Å². The van der Waals surface area contributed by atoms with Crippen molar-refractivity contribution in [3.63, 3.8) is 0 Å². The Morgan fingerprint density at radius 3 is 1.46 bits per heavy atom. The Labute approximate surface area is 158 Å². The topological polar surface area (TPSA) is 96.9 Å². The first-order valence-electron chi connectivity index (χ1n) is 7.34. The van der Waals surface area contributed by atoms with E-state index in [9.17, 15) is 9.59 Å². The molecule has 0 spiro atoms. The van der Waals surface area contributed by atoms with E-state index in [0.717, 1.165) is 0 Å². The molecule has 7 nitrogen and oxygen atoms in total. The van der Waals surface area contributed by atoms with Crippen molar-refractivity contribution in [1.82, 2.24) is 15.0 Å². The van der Waals surface area contributed by atoms with Gasteiger partial charge in [0.1, 0.15) is 6.33 Å². The summed E-state index contributed by atoms with van der Waals surface area (Å²) in [5, 5.41) is 6.10. The number of anilines is 2. The summed E-state index contributed by atoms with van der Waals surface area (Å²) in [5.41, 5.74) is 0.781. The van der Waals surface area contributed by atoms with Crippen molar-refractivity contribution >= 4 is 46.9 Å². The molecule has 0 saturated heterocycles. The molecule has 0 radical (unpaired) electrons. The van der Waals surface area contributed by atoms with Crippen molar-refractivity contribution in [3.8, 4) is 0 Å². The molecule has 0 saturated carbocycles. The number of benzene rings is 2. The molecule has 0 fully saturated rings. The summed E-state index contributed by atoms with van der Waals surface area (Å²) < 4.78 is 0. The number of halogens is 2. The number of carbonyl (C=O) groups excluding carboxylic acids is 2. The van der Waals surface area contributed by atoms with Crippen LogP contribution in [0.25, 0.3) is 0 Å². The summed E-state index contributed by atoms with van der Waals surface area (Å²) in [5.74, 6) is -0.816. The van der Waals surface area contributed by atoms with E-state index < -0.39 is 11.8 Å². The lowest BCUT2D eigenvalue weighted by molar-refractivity contribution is 0.101. The normalized spacial score (nSPS) is 10.2. The van der Waals surface area contributed by atoms with E-state index in [-0.39, 0.29) is 11.9 Å². The molecular formula is C17H11Cl2N5O2. The van der Waals surface area contributed by atoms with Crippen molar-refractivity contribution in [2.24, 2.45) is 0 Å². The van der Waals surface area contributed by atoms with Crippen molar-refractivity contribution in [1.29, 1.82) is 0 Å². The number of amides is 2. The van der Waals surface area contributed by atoms with Gasteiger partial charge in [0.15, 0.2) is 0 Å². The van der Waals surface area contributed by atoms with Crippen molar-refractivity contribution in [2.75, 3.05) is 10.6 Å². The minimum Gasteiger partial charge on any atom is -0.290 e. The second-order valence-corrected chi connectivity index (χ2v) is 5.93. The Morgan fingerprint density at radius 1 is 0.692 bits per heavy atom. The van der Waals surface area contributed by atoms with Gasteiger partial charge >= 0.3 is 0 Å². The van der Waals surface area contributed by atoms with Gasteiger partial charge in [-0.3, -0.25) is 20.2 Å². The SMILES string of the molecule is O=C(Nc1ncnc(NC(=O)c2ccc(Cl)cc2)n1)c1ccc(Cl)cc1. The van der Waals surface area contributed by atoms with Gasteiger partial charge in [-0.25, -0.2) is 9.97 Å². The highest BCUT2D eigenvalue weighted by Crippen LogP contribution is 2.13. The number of nitrogens with one attached hydrogen (secondary N) is 2. The van der Waals surface area contributed by atoms with Crippen LogP contribution in [-0.4, -0.2) is 26.8 Å². The largest absolute Gasteiger partial charge is 0.290 e. The molecule has 1 heterocycles. The lowest BCUT2D eigenvalue weighted by Crippen LogP contribution is -2.17. The molecular weight excluding hydrogens is 377 g/mol. The van der Waals surface area contributed by atoms with Crippen molar-refractivity contribution in [2.45, 2.75) is 0 Å². The second-order valence-electron chi connectivity index (χ2n) is 5.05. The van der Waals surface area contributed by atoms with Crippen LogP contribution in [0.15, 0.2) is 54.9 Å². The van der Waals surface area contributed by atoms with Gasteiger partial charge in [-0.2, -0.15) is 4.98 Å². The highest BCUT2D eigenvalue weighted by atomic mass is 35.5. The first-order chi connectivity index (χ1) is 12.5. The van der Waals surface area contributed by atoms with Crippen LogP contribution in [0.4, 0.5) is 11.9 Å². The summed E-state index contributed by atoms with van der Waals surface area (Å²) in [6.07, 6.45) is 1.18. The first kappa shape index (κ1) is 17.8. The number of carbonyl (C=O) groups is 2. The van der Waals surface area contributed by atoms with E-state index in [0.29, 0.717) is 21.2 Å². The van der Waals surface area contributed by atoms with Crippen LogP contribution in [0, 0.1) is 0 Å². The molecule has 2 N–H and O–H groups in total. The lowest BCUT2D eigenvalue weighted by atomic mass is 10.2. The predicted octanol–water partition coefficient (Wildman–Crippen LogP) is 3.68.